The molecule has 1 aliphatic carbocycles. The summed E-state index contributed by atoms with van der Waals surface area (Å²) in [5.74, 6) is 0. The van der Waals surface area contributed by atoms with Gasteiger partial charge in [-0.05, 0) is 76.5 Å². The second kappa shape index (κ2) is 6.19. The maximum Gasteiger partial charge on any atom is 0.00673 e. The van der Waals surface area contributed by atoms with E-state index in [1.165, 1.54) is 64.6 Å². The molecule has 0 atom stereocenters. The zero-order chi connectivity index (χ0) is 12.1. The third-order valence-electron chi connectivity index (χ3n) is 5.00. The highest BCUT2D eigenvalue weighted by Crippen LogP contribution is 2.44. The molecule has 0 aromatic heterocycles. The Hall–Kier alpha value is -0.0800. The average molecular weight is 238 g/mol. The predicted octanol–water partition coefficient (Wildman–Crippen LogP) is 3.03. The minimum atomic E-state index is 0.732. The predicted molar refractivity (Wildman–Crippen MR) is 74.3 cm³/mol. The van der Waals surface area contributed by atoms with E-state index in [0.717, 1.165) is 18.0 Å². The molecule has 0 aromatic rings. The van der Waals surface area contributed by atoms with E-state index in [4.69, 9.17) is 0 Å². The SMILES string of the molecule is CCCN1CCC2(CCC(NCC)CC2)CC1. The van der Waals surface area contributed by atoms with E-state index in [2.05, 4.69) is 24.1 Å². The van der Waals surface area contributed by atoms with Gasteiger partial charge in [0.05, 0.1) is 0 Å². The van der Waals surface area contributed by atoms with Crippen LogP contribution < -0.4 is 5.32 Å². The Balaban J connectivity index is 1.76. The number of nitrogens with zero attached hydrogens (tertiary/aromatic N) is 1. The summed E-state index contributed by atoms with van der Waals surface area (Å²) in [5, 5.41) is 3.63. The molecule has 1 saturated carbocycles. The van der Waals surface area contributed by atoms with Crippen LogP contribution in [-0.4, -0.2) is 37.1 Å². The van der Waals surface area contributed by atoms with E-state index in [0.29, 0.717) is 0 Å². The molecule has 1 heterocycles. The third-order valence-corrected chi connectivity index (χ3v) is 5.00. The lowest BCUT2D eigenvalue weighted by atomic mass is 9.67. The van der Waals surface area contributed by atoms with Crippen molar-refractivity contribution in [3.05, 3.63) is 0 Å². The van der Waals surface area contributed by atoms with Crippen molar-refractivity contribution in [3.63, 3.8) is 0 Å². The van der Waals surface area contributed by atoms with Crippen molar-refractivity contribution >= 4 is 0 Å². The van der Waals surface area contributed by atoms with Gasteiger partial charge < -0.3 is 10.2 Å². The molecule has 0 aromatic carbocycles. The Morgan fingerprint density at radius 1 is 1.06 bits per heavy atom. The first-order valence-corrected chi connectivity index (χ1v) is 7.74. The lowest BCUT2D eigenvalue weighted by Crippen LogP contribution is -2.44. The molecular formula is C15H30N2. The summed E-state index contributed by atoms with van der Waals surface area (Å²) in [6, 6.07) is 0.819. The summed E-state index contributed by atoms with van der Waals surface area (Å²) in [6.45, 7) is 9.71. The Kier molecular flexibility index (Phi) is 4.87. The number of likely N-dealkylation sites (tertiary alicyclic amines) is 1. The highest BCUT2D eigenvalue weighted by Gasteiger charge is 2.37. The molecule has 17 heavy (non-hydrogen) atoms. The zero-order valence-corrected chi connectivity index (χ0v) is 11.8. The molecule has 2 rings (SSSR count). The van der Waals surface area contributed by atoms with Gasteiger partial charge in [-0.3, -0.25) is 0 Å². The van der Waals surface area contributed by atoms with Gasteiger partial charge in [0.2, 0.25) is 0 Å². The Morgan fingerprint density at radius 3 is 2.24 bits per heavy atom. The number of hydrogen-bond acceptors (Lipinski definition) is 2. The summed E-state index contributed by atoms with van der Waals surface area (Å²) in [6.07, 6.45) is 10.0. The number of nitrogens with one attached hydrogen (secondary N) is 1. The second-order valence-corrected chi connectivity index (χ2v) is 6.17. The van der Waals surface area contributed by atoms with Gasteiger partial charge in [-0.15, -0.1) is 0 Å². The summed E-state index contributed by atoms with van der Waals surface area (Å²) < 4.78 is 0. The number of rotatable bonds is 4. The van der Waals surface area contributed by atoms with E-state index >= 15 is 0 Å². The van der Waals surface area contributed by atoms with Crippen molar-refractivity contribution in [2.24, 2.45) is 5.41 Å². The van der Waals surface area contributed by atoms with Crippen molar-refractivity contribution in [1.29, 1.82) is 0 Å². The van der Waals surface area contributed by atoms with Crippen LogP contribution in [0.3, 0.4) is 0 Å². The van der Waals surface area contributed by atoms with Gasteiger partial charge in [0.15, 0.2) is 0 Å². The van der Waals surface area contributed by atoms with Crippen LogP contribution >= 0.6 is 0 Å². The van der Waals surface area contributed by atoms with Crippen molar-refractivity contribution in [2.75, 3.05) is 26.2 Å². The van der Waals surface area contributed by atoms with Crippen LogP contribution in [0.1, 0.15) is 58.8 Å². The number of hydrogen-bond donors (Lipinski definition) is 1. The Bertz CT molecular complexity index is 183. The lowest BCUT2D eigenvalue weighted by Gasteiger charge is -2.46. The highest BCUT2D eigenvalue weighted by molar-refractivity contribution is 4.91. The van der Waals surface area contributed by atoms with Gasteiger partial charge in [0.1, 0.15) is 0 Å². The fourth-order valence-electron chi connectivity index (χ4n) is 3.79. The normalized spacial score (nSPS) is 26.5. The van der Waals surface area contributed by atoms with Crippen LogP contribution in [0.25, 0.3) is 0 Å². The molecule has 0 unspecified atom stereocenters. The quantitative estimate of drug-likeness (QED) is 0.810. The maximum absolute atomic E-state index is 3.63. The Labute approximate surface area is 107 Å². The molecule has 1 aliphatic heterocycles. The van der Waals surface area contributed by atoms with E-state index in [1.54, 1.807) is 0 Å². The van der Waals surface area contributed by atoms with Gasteiger partial charge in [-0.25, -0.2) is 0 Å². The van der Waals surface area contributed by atoms with Crippen molar-refractivity contribution in [3.8, 4) is 0 Å². The minimum absolute atomic E-state index is 0.732. The molecule has 0 radical (unpaired) electrons. The van der Waals surface area contributed by atoms with Gasteiger partial charge >= 0.3 is 0 Å². The molecule has 2 nitrogen and oxygen atoms in total. The maximum atomic E-state index is 3.63. The molecule has 100 valence electrons. The van der Waals surface area contributed by atoms with Crippen LogP contribution in [0.15, 0.2) is 0 Å². The molecule has 2 heteroatoms. The molecule has 0 bridgehead atoms. The highest BCUT2D eigenvalue weighted by atomic mass is 15.1. The smallest absolute Gasteiger partial charge is 0.00673 e. The molecule has 1 spiro atoms. The monoisotopic (exact) mass is 238 g/mol. The molecule has 2 fully saturated rings. The largest absolute Gasteiger partial charge is 0.314 e. The molecule has 1 saturated heterocycles. The van der Waals surface area contributed by atoms with Gasteiger partial charge in [0.25, 0.3) is 0 Å². The van der Waals surface area contributed by atoms with E-state index in [-0.39, 0.29) is 0 Å². The van der Waals surface area contributed by atoms with Crippen molar-refractivity contribution in [1.82, 2.24) is 10.2 Å². The first kappa shape index (κ1) is 13.4. The van der Waals surface area contributed by atoms with Crippen LogP contribution in [-0.2, 0) is 0 Å². The average Bonchev–Trinajstić information content (AvgIpc) is 2.36. The van der Waals surface area contributed by atoms with Gasteiger partial charge in [0, 0.05) is 6.04 Å². The van der Waals surface area contributed by atoms with Crippen LogP contribution in [0.2, 0.25) is 0 Å². The fraction of sp³-hybridized carbons (Fsp3) is 1.00. The van der Waals surface area contributed by atoms with E-state index in [9.17, 15) is 0 Å². The van der Waals surface area contributed by atoms with E-state index in [1.807, 2.05) is 0 Å². The first-order valence-electron chi connectivity index (χ1n) is 7.74. The van der Waals surface area contributed by atoms with Gasteiger partial charge in [-0.2, -0.15) is 0 Å². The van der Waals surface area contributed by atoms with Crippen molar-refractivity contribution in [2.45, 2.75) is 64.8 Å². The van der Waals surface area contributed by atoms with Crippen LogP contribution in [0.5, 0.6) is 0 Å². The topological polar surface area (TPSA) is 15.3 Å². The lowest BCUT2D eigenvalue weighted by molar-refractivity contribution is 0.0589. The number of piperidine rings is 1. The van der Waals surface area contributed by atoms with Crippen LogP contribution in [0.4, 0.5) is 0 Å². The second-order valence-electron chi connectivity index (χ2n) is 6.17. The van der Waals surface area contributed by atoms with Crippen LogP contribution in [0, 0.1) is 5.41 Å². The van der Waals surface area contributed by atoms with Gasteiger partial charge in [-0.1, -0.05) is 13.8 Å². The third kappa shape index (κ3) is 3.45. The molecule has 1 N–H and O–H groups in total. The fourth-order valence-corrected chi connectivity index (χ4v) is 3.79. The summed E-state index contributed by atoms with van der Waals surface area (Å²) >= 11 is 0. The standard InChI is InChI=1S/C15H30N2/c1-3-11-17-12-9-15(10-13-17)7-5-14(6-8-15)16-4-2/h14,16H,3-13H2,1-2H3. The Morgan fingerprint density at radius 2 is 1.71 bits per heavy atom. The first-order chi connectivity index (χ1) is 8.28. The van der Waals surface area contributed by atoms with Crippen molar-refractivity contribution < 1.29 is 0 Å². The summed E-state index contributed by atoms with van der Waals surface area (Å²) in [5.41, 5.74) is 0.732. The minimum Gasteiger partial charge on any atom is -0.314 e. The zero-order valence-electron chi connectivity index (χ0n) is 11.8. The summed E-state index contributed by atoms with van der Waals surface area (Å²) in [7, 11) is 0. The molecule has 2 aliphatic rings. The summed E-state index contributed by atoms with van der Waals surface area (Å²) in [4.78, 5) is 2.67. The van der Waals surface area contributed by atoms with E-state index < -0.39 is 0 Å². The molecule has 0 amide bonds. The molecular weight excluding hydrogens is 208 g/mol.